The number of piperidine rings is 2. The van der Waals surface area contributed by atoms with Crippen LogP contribution in [-0.4, -0.2) is 61.7 Å². The molecule has 3 N–H and O–H groups in total. The molecular weight excluding hydrogens is 392 g/mol. The molecule has 1 aromatic rings. The van der Waals surface area contributed by atoms with E-state index >= 15 is 0 Å². The lowest BCUT2D eigenvalue weighted by Crippen LogP contribution is -2.47. The van der Waals surface area contributed by atoms with Gasteiger partial charge in [-0.25, -0.2) is 8.42 Å². The SMILES string of the molecule is C[C@H](C(=O)Nc1ccc(S(=O)(=O)N2CCCCC2)cc1)N1CCC(C(N)=O)CC1. The Kier molecular flexibility index (Phi) is 6.92. The van der Waals surface area contributed by atoms with Crippen molar-refractivity contribution in [2.45, 2.75) is 50.0 Å². The Morgan fingerprint density at radius 2 is 1.62 bits per heavy atom. The molecule has 9 heteroatoms. The van der Waals surface area contributed by atoms with E-state index in [0.717, 1.165) is 19.3 Å². The summed E-state index contributed by atoms with van der Waals surface area (Å²) < 4.78 is 26.9. The number of hydrogen-bond donors (Lipinski definition) is 2. The molecule has 3 rings (SSSR count). The van der Waals surface area contributed by atoms with Crippen molar-refractivity contribution >= 4 is 27.5 Å². The molecule has 0 unspecified atom stereocenters. The van der Waals surface area contributed by atoms with E-state index < -0.39 is 10.0 Å². The van der Waals surface area contributed by atoms with E-state index in [1.54, 1.807) is 24.3 Å². The monoisotopic (exact) mass is 422 g/mol. The second-order valence-electron chi connectivity index (χ2n) is 7.87. The standard InChI is InChI=1S/C20H30N4O4S/c1-15(23-13-9-16(10-14-23)19(21)25)20(26)22-17-5-7-18(8-6-17)29(27,28)24-11-3-2-4-12-24/h5-8,15-16H,2-4,9-14H2,1H3,(H2,21,25)(H,22,26)/t15-/m1/s1. The van der Waals surface area contributed by atoms with Crippen LogP contribution in [0, 0.1) is 5.92 Å². The number of sulfonamides is 1. The molecule has 0 saturated carbocycles. The molecule has 2 saturated heterocycles. The minimum absolute atomic E-state index is 0.115. The smallest absolute Gasteiger partial charge is 0.243 e. The lowest BCUT2D eigenvalue weighted by molar-refractivity contribution is -0.124. The lowest BCUT2D eigenvalue weighted by atomic mass is 9.95. The van der Waals surface area contributed by atoms with E-state index in [9.17, 15) is 18.0 Å². The Labute approximate surface area is 172 Å². The summed E-state index contributed by atoms with van der Waals surface area (Å²) in [7, 11) is -3.48. The average Bonchev–Trinajstić information content (AvgIpc) is 2.74. The number of hydrogen-bond acceptors (Lipinski definition) is 5. The third kappa shape index (κ3) is 5.15. The molecule has 8 nitrogen and oxygen atoms in total. The number of carbonyl (C=O) groups is 2. The van der Waals surface area contributed by atoms with Crippen LogP contribution in [0.15, 0.2) is 29.2 Å². The van der Waals surface area contributed by atoms with Gasteiger partial charge in [0.15, 0.2) is 0 Å². The highest BCUT2D eigenvalue weighted by molar-refractivity contribution is 7.89. The van der Waals surface area contributed by atoms with Gasteiger partial charge in [-0.15, -0.1) is 0 Å². The molecule has 160 valence electrons. The van der Waals surface area contributed by atoms with E-state index in [2.05, 4.69) is 5.32 Å². The summed E-state index contributed by atoms with van der Waals surface area (Å²) in [6.07, 6.45) is 4.17. The molecule has 0 aromatic heterocycles. The summed E-state index contributed by atoms with van der Waals surface area (Å²) >= 11 is 0. The van der Waals surface area contributed by atoms with E-state index in [1.807, 2.05) is 11.8 Å². The third-order valence-corrected chi connectivity index (χ3v) is 7.85. The zero-order valence-electron chi connectivity index (χ0n) is 16.8. The van der Waals surface area contributed by atoms with Crippen molar-refractivity contribution in [1.29, 1.82) is 0 Å². The molecule has 1 aromatic carbocycles. The quantitative estimate of drug-likeness (QED) is 0.719. The van der Waals surface area contributed by atoms with Gasteiger partial charge in [0, 0.05) is 24.7 Å². The number of benzene rings is 1. The topological polar surface area (TPSA) is 113 Å². The van der Waals surface area contributed by atoms with Crippen molar-refractivity contribution in [3.63, 3.8) is 0 Å². The number of primary amides is 1. The Bertz CT molecular complexity index is 827. The predicted octanol–water partition coefficient (Wildman–Crippen LogP) is 1.39. The highest BCUT2D eigenvalue weighted by Crippen LogP contribution is 2.23. The number of nitrogens with zero attached hydrogens (tertiary/aromatic N) is 2. The number of nitrogens with two attached hydrogens (primary N) is 1. The molecule has 29 heavy (non-hydrogen) atoms. The maximum Gasteiger partial charge on any atom is 0.243 e. The van der Waals surface area contributed by atoms with E-state index in [-0.39, 0.29) is 28.7 Å². The van der Waals surface area contributed by atoms with Crippen LogP contribution in [0.25, 0.3) is 0 Å². The maximum absolute atomic E-state index is 12.7. The van der Waals surface area contributed by atoms with E-state index in [4.69, 9.17) is 5.73 Å². The van der Waals surface area contributed by atoms with Crippen molar-refractivity contribution in [2.24, 2.45) is 11.7 Å². The van der Waals surface area contributed by atoms with Crippen LogP contribution in [0.3, 0.4) is 0 Å². The number of carbonyl (C=O) groups excluding carboxylic acids is 2. The van der Waals surface area contributed by atoms with Crippen LogP contribution in [-0.2, 0) is 19.6 Å². The van der Waals surface area contributed by atoms with Gasteiger partial charge in [-0.05, 0) is 70.0 Å². The van der Waals surface area contributed by atoms with Crippen molar-refractivity contribution < 1.29 is 18.0 Å². The first kappa shape index (κ1) is 21.7. The number of likely N-dealkylation sites (tertiary alicyclic amines) is 1. The second kappa shape index (κ2) is 9.23. The summed E-state index contributed by atoms with van der Waals surface area (Å²) in [4.78, 5) is 26.1. The molecule has 1 atom stereocenters. The average molecular weight is 423 g/mol. The first-order chi connectivity index (χ1) is 13.8. The molecular formula is C20H30N4O4S. The van der Waals surface area contributed by atoms with Gasteiger partial charge in [0.25, 0.3) is 0 Å². The molecule has 0 aliphatic carbocycles. The van der Waals surface area contributed by atoms with E-state index in [1.165, 1.54) is 4.31 Å². The Balaban J connectivity index is 1.58. The zero-order chi connectivity index (χ0) is 21.0. The van der Waals surface area contributed by atoms with Gasteiger partial charge in [-0.2, -0.15) is 4.31 Å². The van der Waals surface area contributed by atoms with Crippen molar-refractivity contribution in [3.05, 3.63) is 24.3 Å². The highest BCUT2D eigenvalue weighted by atomic mass is 32.2. The molecule has 0 spiro atoms. The van der Waals surface area contributed by atoms with Crippen LogP contribution in [0.1, 0.15) is 39.0 Å². The van der Waals surface area contributed by atoms with Crippen LogP contribution < -0.4 is 11.1 Å². The number of anilines is 1. The van der Waals surface area contributed by atoms with Gasteiger partial charge >= 0.3 is 0 Å². The zero-order valence-corrected chi connectivity index (χ0v) is 17.7. The lowest BCUT2D eigenvalue weighted by Gasteiger charge is -2.34. The molecule has 2 heterocycles. The minimum atomic E-state index is -3.48. The van der Waals surface area contributed by atoms with Crippen LogP contribution in [0.2, 0.25) is 0 Å². The summed E-state index contributed by atoms with van der Waals surface area (Å²) in [6.45, 7) is 4.25. The van der Waals surface area contributed by atoms with Gasteiger partial charge in [0.1, 0.15) is 0 Å². The molecule has 0 bridgehead atoms. The summed E-state index contributed by atoms with van der Waals surface area (Å²) in [5.41, 5.74) is 5.92. The van der Waals surface area contributed by atoms with Gasteiger partial charge in [0.05, 0.1) is 10.9 Å². The normalized spacial score (nSPS) is 20.9. The largest absolute Gasteiger partial charge is 0.369 e. The molecule has 2 amide bonds. The Hall–Kier alpha value is -1.97. The summed E-state index contributed by atoms with van der Waals surface area (Å²) in [6, 6.07) is 5.99. The molecule has 2 fully saturated rings. The highest BCUT2D eigenvalue weighted by Gasteiger charge is 2.29. The van der Waals surface area contributed by atoms with Crippen LogP contribution >= 0.6 is 0 Å². The second-order valence-corrected chi connectivity index (χ2v) is 9.80. The van der Waals surface area contributed by atoms with Crippen molar-refractivity contribution in [1.82, 2.24) is 9.21 Å². The Morgan fingerprint density at radius 1 is 1.03 bits per heavy atom. The molecule has 0 radical (unpaired) electrons. The summed E-state index contributed by atoms with van der Waals surface area (Å²) in [5.74, 6) is -0.550. The minimum Gasteiger partial charge on any atom is -0.369 e. The first-order valence-corrected chi connectivity index (χ1v) is 11.7. The van der Waals surface area contributed by atoms with Gasteiger partial charge in [0.2, 0.25) is 21.8 Å². The van der Waals surface area contributed by atoms with Crippen molar-refractivity contribution in [3.8, 4) is 0 Å². The van der Waals surface area contributed by atoms with Crippen LogP contribution in [0.4, 0.5) is 5.69 Å². The Morgan fingerprint density at radius 3 is 2.17 bits per heavy atom. The molecule has 2 aliphatic rings. The fourth-order valence-electron chi connectivity index (χ4n) is 3.95. The third-order valence-electron chi connectivity index (χ3n) is 5.93. The summed E-state index contributed by atoms with van der Waals surface area (Å²) in [5, 5.41) is 2.85. The number of amides is 2. The van der Waals surface area contributed by atoms with Crippen LogP contribution in [0.5, 0.6) is 0 Å². The number of nitrogens with one attached hydrogen (secondary N) is 1. The van der Waals surface area contributed by atoms with Gasteiger partial charge < -0.3 is 11.1 Å². The van der Waals surface area contributed by atoms with Gasteiger partial charge in [-0.3, -0.25) is 14.5 Å². The van der Waals surface area contributed by atoms with Crippen molar-refractivity contribution in [2.75, 3.05) is 31.5 Å². The van der Waals surface area contributed by atoms with Gasteiger partial charge in [-0.1, -0.05) is 6.42 Å². The number of rotatable bonds is 6. The molecule has 2 aliphatic heterocycles. The first-order valence-electron chi connectivity index (χ1n) is 10.2. The van der Waals surface area contributed by atoms with E-state index in [0.29, 0.717) is 44.7 Å². The fraction of sp³-hybridized carbons (Fsp3) is 0.600. The fourth-order valence-corrected chi connectivity index (χ4v) is 5.47. The predicted molar refractivity (Wildman–Crippen MR) is 111 cm³/mol. The maximum atomic E-state index is 12.7.